The van der Waals surface area contributed by atoms with E-state index in [-0.39, 0.29) is 5.91 Å². The zero-order valence-corrected chi connectivity index (χ0v) is 16.5. The molecule has 28 heavy (non-hydrogen) atoms. The van der Waals surface area contributed by atoms with Crippen LogP contribution in [0.1, 0.15) is 15.9 Å². The van der Waals surface area contributed by atoms with E-state index in [1.54, 1.807) is 50.7 Å². The molecule has 0 aliphatic rings. The number of nitrogens with one attached hydrogen (secondary N) is 2. The maximum atomic E-state index is 12.6. The number of ether oxygens (including phenoxy) is 2. The summed E-state index contributed by atoms with van der Waals surface area (Å²) >= 11 is 6.15. The first-order valence-electron chi connectivity index (χ1n) is 8.53. The van der Waals surface area contributed by atoms with Crippen LogP contribution in [0.4, 0.5) is 17.2 Å². The number of nitrogens with zero attached hydrogens (tertiary/aromatic N) is 1. The number of rotatable bonds is 6. The Hall–Kier alpha value is -3.25. The summed E-state index contributed by atoms with van der Waals surface area (Å²) in [4.78, 5) is 16.9. The molecule has 144 valence electrons. The smallest absolute Gasteiger partial charge is 0.255 e. The van der Waals surface area contributed by atoms with Crippen LogP contribution in [0, 0.1) is 6.92 Å². The molecule has 0 bridgehead atoms. The van der Waals surface area contributed by atoms with E-state index < -0.39 is 0 Å². The molecule has 1 heterocycles. The Morgan fingerprint density at radius 1 is 1.07 bits per heavy atom. The summed E-state index contributed by atoms with van der Waals surface area (Å²) in [5.41, 5.74) is 2.72. The normalized spacial score (nSPS) is 10.3. The fourth-order valence-corrected chi connectivity index (χ4v) is 2.77. The van der Waals surface area contributed by atoms with Gasteiger partial charge in [-0.2, -0.15) is 0 Å². The third-order valence-corrected chi connectivity index (χ3v) is 4.50. The average Bonchev–Trinajstić information content (AvgIpc) is 2.71. The van der Waals surface area contributed by atoms with Crippen LogP contribution >= 0.6 is 11.6 Å². The standard InChI is InChI=1S/C21H20ClN3O3/c1-13-9-18(19(28-3)12-17(13)22)25-20-10-14(7-8-23-20)21(26)24-15-5-4-6-16(11-15)27-2/h4-12H,1-3H3,(H,23,25)(H,24,26). The molecule has 3 aromatic rings. The fraction of sp³-hybridized carbons (Fsp3) is 0.143. The second-order valence-corrected chi connectivity index (χ2v) is 6.45. The Labute approximate surface area is 168 Å². The Morgan fingerprint density at radius 2 is 1.89 bits per heavy atom. The number of aryl methyl sites for hydroxylation is 1. The summed E-state index contributed by atoms with van der Waals surface area (Å²) in [6.07, 6.45) is 1.57. The summed E-state index contributed by atoms with van der Waals surface area (Å²) in [6.45, 7) is 1.90. The molecule has 1 amide bonds. The van der Waals surface area contributed by atoms with Crippen molar-refractivity contribution >= 4 is 34.7 Å². The van der Waals surface area contributed by atoms with Gasteiger partial charge in [-0.05, 0) is 42.8 Å². The summed E-state index contributed by atoms with van der Waals surface area (Å²) in [5, 5.41) is 6.63. The van der Waals surface area contributed by atoms with E-state index >= 15 is 0 Å². The van der Waals surface area contributed by atoms with Crippen LogP contribution in [-0.4, -0.2) is 25.1 Å². The molecule has 6 nitrogen and oxygen atoms in total. The first-order chi connectivity index (χ1) is 13.5. The molecule has 3 rings (SSSR count). The van der Waals surface area contributed by atoms with Gasteiger partial charge < -0.3 is 20.1 Å². The molecule has 2 N–H and O–H groups in total. The first kappa shape index (κ1) is 19.5. The summed E-state index contributed by atoms with van der Waals surface area (Å²) in [7, 11) is 3.14. The van der Waals surface area contributed by atoms with E-state index in [0.29, 0.717) is 39.3 Å². The van der Waals surface area contributed by atoms with Crippen LogP contribution in [0.5, 0.6) is 11.5 Å². The van der Waals surface area contributed by atoms with E-state index in [0.717, 1.165) is 5.56 Å². The van der Waals surface area contributed by atoms with Crippen LogP contribution in [0.2, 0.25) is 5.02 Å². The number of methoxy groups -OCH3 is 2. The van der Waals surface area contributed by atoms with Crippen LogP contribution in [0.3, 0.4) is 0 Å². The maximum Gasteiger partial charge on any atom is 0.255 e. The van der Waals surface area contributed by atoms with E-state index in [4.69, 9.17) is 21.1 Å². The van der Waals surface area contributed by atoms with Crippen LogP contribution in [-0.2, 0) is 0 Å². The van der Waals surface area contributed by atoms with Crippen molar-refractivity contribution in [3.8, 4) is 11.5 Å². The van der Waals surface area contributed by atoms with Crippen LogP contribution in [0.15, 0.2) is 54.7 Å². The van der Waals surface area contributed by atoms with Gasteiger partial charge in [0, 0.05) is 34.6 Å². The largest absolute Gasteiger partial charge is 0.497 e. The zero-order chi connectivity index (χ0) is 20.1. The minimum Gasteiger partial charge on any atom is -0.497 e. The van der Waals surface area contributed by atoms with E-state index in [2.05, 4.69) is 15.6 Å². The molecule has 0 fully saturated rings. The third kappa shape index (κ3) is 4.53. The van der Waals surface area contributed by atoms with Crippen molar-refractivity contribution in [1.29, 1.82) is 0 Å². The Kier molecular flexibility index (Phi) is 6.01. The van der Waals surface area contributed by atoms with Crippen molar-refractivity contribution in [3.63, 3.8) is 0 Å². The Balaban J connectivity index is 1.80. The molecule has 0 aliphatic heterocycles. The monoisotopic (exact) mass is 397 g/mol. The van der Waals surface area contributed by atoms with Crippen LogP contribution < -0.4 is 20.1 Å². The third-order valence-electron chi connectivity index (χ3n) is 4.09. The number of aromatic nitrogens is 1. The Morgan fingerprint density at radius 3 is 2.64 bits per heavy atom. The van der Waals surface area contributed by atoms with Gasteiger partial charge in [-0.15, -0.1) is 0 Å². The number of benzene rings is 2. The first-order valence-corrected chi connectivity index (χ1v) is 8.90. The number of hydrogen-bond donors (Lipinski definition) is 2. The van der Waals surface area contributed by atoms with Gasteiger partial charge in [-0.25, -0.2) is 4.98 Å². The number of amides is 1. The minimum absolute atomic E-state index is 0.252. The zero-order valence-electron chi connectivity index (χ0n) is 15.7. The average molecular weight is 398 g/mol. The Bertz CT molecular complexity index is 1010. The minimum atomic E-state index is -0.252. The van der Waals surface area contributed by atoms with Crippen molar-refractivity contribution in [2.24, 2.45) is 0 Å². The molecule has 0 aliphatic carbocycles. The predicted octanol–water partition coefficient (Wildman–Crippen LogP) is 5.06. The van der Waals surface area contributed by atoms with Gasteiger partial charge in [0.25, 0.3) is 5.91 Å². The predicted molar refractivity (Wildman–Crippen MR) is 111 cm³/mol. The number of carbonyl (C=O) groups excluding carboxylic acids is 1. The molecule has 1 aromatic heterocycles. The number of carbonyl (C=O) groups is 1. The molecule has 0 unspecified atom stereocenters. The molecule has 0 saturated carbocycles. The highest BCUT2D eigenvalue weighted by molar-refractivity contribution is 6.31. The van der Waals surface area contributed by atoms with Gasteiger partial charge in [0.15, 0.2) is 0 Å². The summed E-state index contributed by atoms with van der Waals surface area (Å²) in [5.74, 6) is 1.51. The highest BCUT2D eigenvalue weighted by atomic mass is 35.5. The lowest BCUT2D eigenvalue weighted by Gasteiger charge is -2.13. The summed E-state index contributed by atoms with van der Waals surface area (Å²) < 4.78 is 10.5. The quantitative estimate of drug-likeness (QED) is 0.608. The lowest BCUT2D eigenvalue weighted by Crippen LogP contribution is -2.12. The number of halogens is 1. The number of pyridine rings is 1. The lowest BCUT2D eigenvalue weighted by atomic mass is 10.2. The molecular weight excluding hydrogens is 378 g/mol. The topological polar surface area (TPSA) is 72.5 Å². The SMILES string of the molecule is COc1cccc(NC(=O)c2ccnc(Nc3cc(C)c(Cl)cc3OC)c2)c1. The molecule has 0 atom stereocenters. The van der Waals surface area contributed by atoms with Crippen LogP contribution in [0.25, 0.3) is 0 Å². The second kappa shape index (κ2) is 8.63. The van der Waals surface area contributed by atoms with Gasteiger partial charge in [-0.3, -0.25) is 4.79 Å². The second-order valence-electron chi connectivity index (χ2n) is 6.04. The van der Waals surface area contributed by atoms with E-state index in [1.807, 2.05) is 25.1 Å². The fourth-order valence-electron chi connectivity index (χ4n) is 2.61. The highest BCUT2D eigenvalue weighted by Gasteiger charge is 2.11. The number of anilines is 3. The van der Waals surface area contributed by atoms with Gasteiger partial charge in [-0.1, -0.05) is 17.7 Å². The van der Waals surface area contributed by atoms with Gasteiger partial charge in [0.05, 0.1) is 19.9 Å². The summed E-state index contributed by atoms with van der Waals surface area (Å²) in [6, 6.07) is 14.1. The lowest BCUT2D eigenvalue weighted by molar-refractivity contribution is 0.102. The maximum absolute atomic E-state index is 12.6. The van der Waals surface area contributed by atoms with Crippen molar-refractivity contribution in [1.82, 2.24) is 4.98 Å². The molecular formula is C21H20ClN3O3. The van der Waals surface area contributed by atoms with Gasteiger partial charge >= 0.3 is 0 Å². The van der Waals surface area contributed by atoms with Crippen molar-refractivity contribution in [3.05, 3.63) is 70.9 Å². The van der Waals surface area contributed by atoms with E-state index in [1.165, 1.54) is 0 Å². The van der Waals surface area contributed by atoms with Crippen molar-refractivity contribution < 1.29 is 14.3 Å². The molecule has 0 saturated heterocycles. The van der Waals surface area contributed by atoms with Crippen molar-refractivity contribution in [2.75, 3.05) is 24.9 Å². The number of hydrogen-bond acceptors (Lipinski definition) is 5. The van der Waals surface area contributed by atoms with Gasteiger partial charge in [0.2, 0.25) is 0 Å². The van der Waals surface area contributed by atoms with Gasteiger partial charge in [0.1, 0.15) is 17.3 Å². The molecule has 2 aromatic carbocycles. The van der Waals surface area contributed by atoms with Crippen molar-refractivity contribution in [2.45, 2.75) is 6.92 Å². The molecule has 7 heteroatoms. The molecule has 0 radical (unpaired) electrons. The van der Waals surface area contributed by atoms with E-state index in [9.17, 15) is 4.79 Å². The highest BCUT2D eigenvalue weighted by Crippen LogP contribution is 2.32. The molecule has 0 spiro atoms.